The number of nitrogens with zero attached hydrogens (tertiary/aromatic N) is 3. The molecular weight excluding hydrogens is 417 g/mol. The Morgan fingerprint density at radius 1 is 1.06 bits per heavy atom. The van der Waals surface area contributed by atoms with Gasteiger partial charge in [0.05, 0.1) is 17.7 Å². The van der Waals surface area contributed by atoms with Crippen LogP contribution >= 0.6 is 0 Å². The highest BCUT2D eigenvalue weighted by atomic mass is 19.1. The zero-order valence-electron chi connectivity index (χ0n) is 18.7. The van der Waals surface area contributed by atoms with Gasteiger partial charge in [0.2, 0.25) is 5.91 Å². The van der Waals surface area contributed by atoms with Gasteiger partial charge in [-0.3, -0.25) is 14.7 Å². The number of rotatable bonds is 4. The van der Waals surface area contributed by atoms with E-state index in [9.17, 15) is 4.79 Å². The lowest BCUT2D eigenvalue weighted by Gasteiger charge is -2.47. The van der Waals surface area contributed by atoms with Crippen LogP contribution in [0.1, 0.15) is 31.2 Å². The van der Waals surface area contributed by atoms with E-state index in [4.69, 9.17) is 4.74 Å². The standard InChI is InChI=1S/C27H28FN3O2/c28-24-15-20(19-5-8-25-21(14-19)2-1-11-29-25)3-4-22(24)16-30-12-9-27(10-13-30)18-31(23-6-7-23)26(32)17-33-27/h1-5,8,11,14-15,23H,6-7,9-10,12-13,16-18H2. The predicted molar refractivity (Wildman–Crippen MR) is 125 cm³/mol. The van der Waals surface area contributed by atoms with Crippen LogP contribution in [0.5, 0.6) is 0 Å². The van der Waals surface area contributed by atoms with Crippen LogP contribution in [-0.4, -0.2) is 58.6 Å². The second kappa shape index (κ2) is 8.19. The fraction of sp³-hybridized carbons (Fsp3) is 0.407. The summed E-state index contributed by atoms with van der Waals surface area (Å²) in [4.78, 5) is 20.9. The van der Waals surface area contributed by atoms with Crippen molar-refractivity contribution in [2.45, 2.75) is 43.9 Å². The second-order valence-corrected chi connectivity index (χ2v) is 9.72. The van der Waals surface area contributed by atoms with Gasteiger partial charge in [0.25, 0.3) is 0 Å². The monoisotopic (exact) mass is 445 g/mol. The summed E-state index contributed by atoms with van der Waals surface area (Å²) >= 11 is 0. The predicted octanol–water partition coefficient (Wildman–Crippen LogP) is 4.40. The minimum absolute atomic E-state index is 0.135. The Bertz CT molecular complexity index is 1200. The number of piperidine rings is 1. The summed E-state index contributed by atoms with van der Waals surface area (Å²) in [5.41, 5.74) is 3.30. The molecule has 6 heteroatoms. The van der Waals surface area contributed by atoms with Crippen molar-refractivity contribution < 1.29 is 13.9 Å². The van der Waals surface area contributed by atoms with Crippen molar-refractivity contribution in [1.82, 2.24) is 14.8 Å². The van der Waals surface area contributed by atoms with Gasteiger partial charge >= 0.3 is 0 Å². The lowest BCUT2D eigenvalue weighted by atomic mass is 9.89. The van der Waals surface area contributed by atoms with E-state index in [1.54, 1.807) is 12.3 Å². The molecule has 1 aromatic heterocycles. The van der Waals surface area contributed by atoms with E-state index in [0.29, 0.717) is 19.1 Å². The fourth-order valence-corrected chi connectivity index (χ4v) is 5.23. The number of ether oxygens (including phenoxy) is 1. The van der Waals surface area contributed by atoms with E-state index < -0.39 is 0 Å². The average molecular weight is 446 g/mol. The highest BCUT2D eigenvalue weighted by Crippen LogP contribution is 2.36. The smallest absolute Gasteiger partial charge is 0.248 e. The van der Waals surface area contributed by atoms with Crippen molar-refractivity contribution in [3.63, 3.8) is 0 Å². The number of morpholine rings is 1. The molecular formula is C27H28FN3O2. The number of fused-ring (bicyclic) bond motifs is 1. The van der Waals surface area contributed by atoms with Crippen molar-refractivity contribution in [3.05, 3.63) is 66.1 Å². The lowest BCUT2D eigenvalue weighted by molar-refractivity contribution is -0.172. The molecule has 1 spiro atoms. The van der Waals surface area contributed by atoms with E-state index in [1.165, 1.54) is 0 Å². The Labute approximate surface area is 193 Å². The summed E-state index contributed by atoms with van der Waals surface area (Å²) in [6.07, 6.45) is 5.79. The number of carbonyl (C=O) groups excluding carboxylic acids is 1. The largest absolute Gasteiger partial charge is 0.363 e. The summed E-state index contributed by atoms with van der Waals surface area (Å²) in [6, 6.07) is 16.0. The molecule has 2 aromatic carbocycles. The summed E-state index contributed by atoms with van der Waals surface area (Å²) in [6.45, 7) is 3.22. The molecule has 5 nitrogen and oxygen atoms in total. The summed E-state index contributed by atoms with van der Waals surface area (Å²) in [7, 11) is 0. The maximum atomic E-state index is 15.0. The number of carbonyl (C=O) groups is 1. The van der Waals surface area contributed by atoms with Gasteiger partial charge in [-0.1, -0.05) is 24.3 Å². The van der Waals surface area contributed by atoms with Crippen LogP contribution in [0.25, 0.3) is 22.0 Å². The zero-order chi connectivity index (χ0) is 22.4. The first kappa shape index (κ1) is 20.8. The Morgan fingerprint density at radius 3 is 2.64 bits per heavy atom. The summed E-state index contributed by atoms with van der Waals surface area (Å²) in [5.74, 6) is -0.0334. The number of hydrogen-bond acceptors (Lipinski definition) is 4. The van der Waals surface area contributed by atoms with E-state index in [1.807, 2.05) is 41.3 Å². The van der Waals surface area contributed by atoms with Crippen LogP contribution in [-0.2, 0) is 16.1 Å². The molecule has 1 aliphatic carbocycles. The van der Waals surface area contributed by atoms with Crippen LogP contribution in [0, 0.1) is 5.82 Å². The van der Waals surface area contributed by atoms with Gasteiger partial charge in [0.1, 0.15) is 12.4 Å². The number of pyridine rings is 1. The SMILES string of the molecule is O=C1COC2(CCN(Cc3ccc(-c4ccc5ncccc5c4)cc3F)CC2)CN1C1CC1. The molecule has 6 rings (SSSR count). The first-order chi connectivity index (χ1) is 16.1. The number of aromatic nitrogens is 1. The first-order valence-electron chi connectivity index (χ1n) is 11.9. The molecule has 1 amide bonds. The second-order valence-electron chi connectivity index (χ2n) is 9.72. The third kappa shape index (κ3) is 4.13. The van der Waals surface area contributed by atoms with E-state index in [2.05, 4.69) is 16.0 Å². The molecule has 3 aliphatic rings. The van der Waals surface area contributed by atoms with Crippen molar-refractivity contribution in [1.29, 1.82) is 0 Å². The highest BCUT2D eigenvalue weighted by molar-refractivity contribution is 5.84. The minimum atomic E-state index is -0.222. The zero-order valence-corrected chi connectivity index (χ0v) is 18.7. The van der Waals surface area contributed by atoms with E-state index in [0.717, 1.165) is 66.4 Å². The Hall–Kier alpha value is -2.83. The minimum Gasteiger partial charge on any atom is -0.363 e. The Kier molecular flexibility index (Phi) is 5.15. The molecule has 33 heavy (non-hydrogen) atoms. The summed E-state index contributed by atoms with van der Waals surface area (Å²) < 4.78 is 21.1. The normalized spacial score (nSPS) is 21.1. The molecule has 0 unspecified atom stereocenters. The topological polar surface area (TPSA) is 45.7 Å². The molecule has 2 aliphatic heterocycles. The van der Waals surface area contributed by atoms with Gasteiger partial charge in [0.15, 0.2) is 0 Å². The van der Waals surface area contributed by atoms with Gasteiger partial charge in [-0.15, -0.1) is 0 Å². The number of amides is 1. The van der Waals surface area contributed by atoms with Crippen molar-refractivity contribution >= 4 is 16.8 Å². The van der Waals surface area contributed by atoms with Gasteiger partial charge in [-0.2, -0.15) is 0 Å². The van der Waals surface area contributed by atoms with Gasteiger partial charge in [-0.25, -0.2) is 4.39 Å². The molecule has 3 fully saturated rings. The molecule has 2 saturated heterocycles. The van der Waals surface area contributed by atoms with Crippen LogP contribution in [0.2, 0.25) is 0 Å². The van der Waals surface area contributed by atoms with Crippen LogP contribution < -0.4 is 0 Å². The first-order valence-corrected chi connectivity index (χ1v) is 11.9. The maximum absolute atomic E-state index is 15.0. The molecule has 3 heterocycles. The molecule has 0 N–H and O–H groups in total. The molecule has 1 saturated carbocycles. The number of benzene rings is 2. The average Bonchev–Trinajstić information content (AvgIpc) is 3.69. The fourth-order valence-electron chi connectivity index (χ4n) is 5.23. The number of likely N-dealkylation sites (tertiary alicyclic amines) is 1. The molecule has 0 atom stereocenters. The lowest BCUT2D eigenvalue weighted by Crippen LogP contribution is -2.59. The third-order valence-corrected chi connectivity index (χ3v) is 7.42. The number of halogens is 1. The molecule has 0 bridgehead atoms. The van der Waals surface area contributed by atoms with Crippen LogP contribution in [0.3, 0.4) is 0 Å². The van der Waals surface area contributed by atoms with Crippen LogP contribution in [0.4, 0.5) is 4.39 Å². The van der Waals surface area contributed by atoms with Gasteiger partial charge in [-0.05, 0) is 61.1 Å². The van der Waals surface area contributed by atoms with Gasteiger partial charge < -0.3 is 9.64 Å². The highest BCUT2D eigenvalue weighted by Gasteiger charge is 2.46. The third-order valence-electron chi connectivity index (χ3n) is 7.42. The quantitative estimate of drug-likeness (QED) is 0.597. The molecule has 170 valence electrons. The van der Waals surface area contributed by atoms with Crippen LogP contribution in [0.15, 0.2) is 54.7 Å². The van der Waals surface area contributed by atoms with Crippen molar-refractivity contribution in [2.24, 2.45) is 0 Å². The molecule has 3 aromatic rings. The van der Waals surface area contributed by atoms with E-state index in [-0.39, 0.29) is 23.9 Å². The molecule has 0 radical (unpaired) electrons. The van der Waals surface area contributed by atoms with Crippen molar-refractivity contribution in [2.75, 3.05) is 26.2 Å². The van der Waals surface area contributed by atoms with Crippen molar-refractivity contribution in [3.8, 4) is 11.1 Å². The van der Waals surface area contributed by atoms with E-state index >= 15 is 4.39 Å². The maximum Gasteiger partial charge on any atom is 0.248 e. The Balaban J connectivity index is 1.12. The number of hydrogen-bond donors (Lipinski definition) is 0. The summed E-state index contributed by atoms with van der Waals surface area (Å²) in [5, 5.41) is 1.05. The van der Waals surface area contributed by atoms with Gasteiger partial charge in [0, 0.05) is 42.8 Å². The Morgan fingerprint density at radius 2 is 1.85 bits per heavy atom.